The minimum atomic E-state index is -0.312. The Bertz CT molecular complexity index is 333. The van der Waals surface area contributed by atoms with Crippen LogP contribution >= 0.6 is 0 Å². The first-order chi connectivity index (χ1) is 7.53. The monoisotopic (exact) mass is 220 g/mol. The number of aryl methyl sites for hydroxylation is 1. The zero-order chi connectivity index (χ0) is 12.0. The lowest BCUT2D eigenvalue weighted by Gasteiger charge is -2.24. The number of rotatable bonds is 5. The largest absolute Gasteiger partial charge is 0.350 e. The SMILES string of the molecule is CC(C)(CN)NC(=O)CCc1ccccc1. The molecule has 0 saturated heterocycles. The lowest BCUT2D eigenvalue weighted by atomic mass is 10.0. The van der Waals surface area contributed by atoms with Crippen molar-refractivity contribution in [1.82, 2.24) is 5.32 Å². The van der Waals surface area contributed by atoms with Crippen molar-refractivity contribution in [3.05, 3.63) is 35.9 Å². The fourth-order valence-electron chi connectivity index (χ4n) is 1.39. The van der Waals surface area contributed by atoms with Crippen LogP contribution in [0.4, 0.5) is 0 Å². The van der Waals surface area contributed by atoms with Gasteiger partial charge < -0.3 is 11.1 Å². The second-order valence-corrected chi connectivity index (χ2v) is 4.62. The molecule has 0 bridgehead atoms. The molecule has 0 aromatic heterocycles. The maximum absolute atomic E-state index is 11.6. The van der Waals surface area contributed by atoms with Gasteiger partial charge in [-0.3, -0.25) is 4.79 Å². The Morgan fingerprint density at radius 1 is 1.31 bits per heavy atom. The maximum atomic E-state index is 11.6. The van der Waals surface area contributed by atoms with Crippen molar-refractivity contribution in [3.63, 3.8) is 0 Å². The number of benzene rings is 1. The zero-order valence-corrected chi connectivity index (χ0v) is 9.99. The topological polar surface area (TPSA) is 55.1 Å². The summed E-state index contributed by atoms with van der Waals surface area (Å²) in [5.74, 6) is 0.0549. The van der Waals surface area contributed by atoms with Gasteiger partial charge in [0.25, 0.3) is 0 Å². The summed E-state index contributed by atoms with van der Waals surface area (Å²) in [6.45, 7) is 4.30. The molecule has 0 unspecified atom stereocenters. The van der Waals surface area contributed by atoms with E-state index in [1.165, 1.54) is 5.56 Å². The highest BCUT2D eigenvalue weighted by Gasteiger charge is 2.17. The first kappa shape index (κ1) is 12.7. The van der Waals surface area contributed by atoms with E-state index in [9.17, 15) is 4.79 Å². The highest BCUT2D eigenvalue weighted by Crippen LogP contribution is 2.04. The van der Waals surface area contributed by atoms with Crippen LogP contribution < -0.4 is 11.1 Å². The number of carbonyl (C=O) groups excluding carboxylic acids is 1. The van der Waals surface area contributed by atoms with Crippen LogP contribution in [0.3, 0.4) is 0 Å². The average molecular weight is 220 g/mol. The van der Waals surface area contributed by atoms with E-state index in [1.54, 1.807) is 0 Å². The van der Waals surface area contributed by atoms with Gasteiger partial charge in [0.15, 0.2) is 0 Å². The molecule has 0 fully saturated rings. The van der Waals surface area contributed by atoms with E-state index in [1.807, 2.05) is 44.2 Å². The number of hydrogen-bond donors (Lipinski definition) is 2. The molecule has 0 spiro atoms. The second-order valence-electron chi connectivity index (χ2n) is 4.62. The Morgan fingerprint density at radius 3 is 2.50 bits per heavy atom. The van der Waals surface area contributed by atoms with Gasteiger partial charge in [-0.15, -0.1) is 0 Å². The number of amides is 1. The maximum Gasteiger partial charge on any atom is 0.220 e. The van der Waals surface area contributed by atoms with E-state index >= 15 is 0 Å². The first-order valence-corrected chi connectivity index (χ1v) is 5.58. The summed E-state index contributed by atoms with van der Waals surface area (Å²) in [7, 11) is 0. The van der Waals surface area contributed by atoms with Gasteiger partial charge in [-0.2, -0.15) is 0 Å². The summed E-state index contributed by atoms with van der Waals surface area (Å²) in [5, 5.41) is 2.91. The molecule has 3 nitrogen and oxygen atoms in total. The van der Waals surface area contributed by atoms with Crippen LogP contribution in [0.2, 0.25) is 0 Å². The Hall–Kier alpha value is -1.35. The van der Waals surface area contributed by atoms with E-state index in [2.05, 4.69) is 5.32 Å². The molecule has 1 aromatic rings. The van der Waals surface area contributed by atoms with Gasteiger partial charge >= 0.3 is 0 Å². The number of carbonyl (C=O) groups is 1. The fraction of sp³-hybridized carbons (Fsp3) is 0.462. The minimum Gasteiger partial charge on any atom is -0.350 e. The van der Waals surface area contributed by atoms with Crippen LogP contribution in [0.1, 0.15) is 25.8 Å². The van der Waals surface area contributed by atoms with Crippen molar-refractivity contribution in [2.75, 3.05) is 6.54 Å². The zero-order valence-electron chi connectivity index (χ0n) is 9.99. The second kappa shape index (κ2) is 5.66. The highest BCUT2D eigenvalue weighted by atomic mass is 16.1. The third kappa shape index (κ3) is 4.45. The number of nitrogens with one attached hydrogen (secondary N) is 1. The van der Waals surface area contributed by atoms with Crippen molar-refractivity contribution in [3.8, 4) is 0 Å². The Balaban J connectivity index is 2.36. The summed E-state index contributed by atoms with van der Waals surface area (Å²) < 4.78 is 0. The van der Waals surface area contributed by atoms with Crippen molar-refractivity contribution in [2.24, 2.45) is 5.73 Å². The quantitative estimate of drug-likeness (QED) is 0.789. The third-order valence-electron chi connectivity index (χ3n) is 2.47. The summed E-state index contributed by atoms with van der Waals surface area (Å²) in [6.07, 6.45) is 1.28. The summed E-state index contributed by atoms with van der Waals surface area (Å²) in [4.78, 5) is 11.6. The van der Waals surface area contributed by atoms with Crippen molar-refractivity contribution >= 4 is 5.91 Å². The Labute approximate surface area is 97.0 Å². The lowest BCUT2D eigenvalue weighted by Crippen LogP contribution is -2.48. The van der Waals surface area contributed by atoms with Gasteiger partial charge in [0.1, 0.15) is 0 Å². The first-order valence-electron chi connectivity index (χ1n) is 5.58. The Kier molecular flexibility index (Phi) is 4.50. The van der Waals surface area contributed by atoms with Crippen LogP contribution in [-0.4, -0.2) is 18.0 Å². The smallest absolute Gasteiger partial charge is 0.220 e. The highest BCUT2D eigenvalue weighted by molar-refractivity contribution is 5.77. The van der Waals surface area contributed by atoms with Crippen LogP contribution in [0.5, 0.6) is 0 Å². The molecule has 0 aliphatic rings. The normalized spacial score (nSPS) is 11.2. The average Bonchev–Trinajstić information content (AvgIpc) is 2.27. The molecule has 0 saturated carbocycles. The number of hydrogen-bond acceptors (Lipinski definition) is 2. The molecular weight excluding hydrogens is 200 g/mol. The molecule has 3 N–H and O–H groups in total. The predicted molar refractivity (Wildman–Crippen MR) is 66.0 cm³/mol. The standard InChI is InChI=1S/C13H20N2O/c1-13(2,10-14)15-12(16)9-8-11-6-4-3-5-7-11/h3-7H,8-10,14H2,1-2H3,(H,15,16). The lowest BCUT2D eigenvalue weighted by molar-refractivity contribution is -0.122. The van der Waals surface area contributed by atoms with Crippen LogP contribution in [0.15, 0.2) is 30.3 Å². The van der Waals surface area contributed by atoms with Gasteiger partial charge in [-0.1, -0.05) is 30.3 Å². The van der Waals surface area contributed by atoms with E-state index in [0.717, 1.165) is 6.42 Å². The molecular formula is C13H20N2O. The molecule has 0 aliphatic heterocycles. The molecule has 0 radical (unpaired) electrons. The van der Waals surface area contributed by atoms with Gasteiger partial charge in [0.05, 0.1) is 0 Å². The molecule has 88 valence electrons. The van der Waals surface area contributed by atoms with Crippen molar-refractivity contribution in [2.45, 2.75) is 32.2 Å². The van der Waals surface area contributed by atoms with E-state index in [-0.39, 0.29) is 11.4 Å². The van der Waals surface area contributed by atoms with E-state index < -0.39 is 0 Å². The van der Waals surface area contributed by atoms with Gasteiger partial charge in [-0.25, -0.2) is 0 Å². The van der Waals surface area contributed by atoms with Gasteiger partial charge in [0, 0.05) is 18.5 Å². The van der Waals surface area contributed by atoms with E-state index in [0.29, 0.717) is 13.0 Å². The molecule has 0 heterocycles. The summed E-state index contributed by atoms with van der Waals surface area (Å²) >= 11 is 0. The summed E-state index contributed by atoms with van der Waals surface area (Å²) in [5.41, 5.74) is 6.42. The molecule has 3 heteroatoms. The van der Waals surface area contributed by atoms with Gasteiger partial charge in [-0.05, 0) is 25.8 Å². The molecule has 1 amide bonds. The van der Waals surface area contributed by atoms with Crippen LogP contribution in [-0.2, 0) is 11.2 Å². The molecule has 1 rings (SSSR count). The predicted octanol–water partition coefficient (Wildman–Crippen LogP) is 1.47. The summed E-state index contributed by atoms with van der Waals surface area (Å²) in [6, 6.07) is 10.00. The van der Waals surface area contributed by atoms with Crippen LogP contribution in [0.25, 0.3) is 0 Å². The minimum absolute atomic E-state index is 0.0549. The molecule has 1 aromatic carbocycles. The Morgan fingerprint density at radius 2 is 1.94 bits per heavy atom. The van der Waals surface area contributed by atoms with Crippen molar-refractivity contribution in [1.29, 1.82) is 0 Å². The van der Waals surface area contributed by atoms with Crippen molar-refractivity contribution < 1.29 is 4.79 Å². The van der Waals surface area contributed by atoms with Crippen LogP contribution in [0, 0.1) is 0 Å². The third-order valence-corrected chi connectivity index (χ3v) is 2.47. The van der Waals surface area contributed by atoms with E-state index in [4.69, 9.17) is 5.73 Å². The number of nitrogens with two attached hydrogens (primary N) is 1. The molecule has 0 atom stereocenters. The molecule has 16 heavy (non-hydrogen) atoms. The fourth-order valence-corrected chi connectivity index (χ4v) is 1.39. The van der Waals surface area contributed by atoms with Gasteiger partial charge in [0.2, 0.25) is 5.91 Å². The molecule has 0 aliphatic carbocycles.